The van der Waals surface area contributed by atoms with Crippen LogP contribution in [0.5, 0.6) is 0 Å². The number of alkyl halides is 1. The van der Waals surface area contributed by atoms with Crippen molar-refractivity contribution in [3.05, 3.63) is 34.9 Å². The van der Waals surface area contributed by atoms with E-state index in [9.17, 15) is 0 Å². The SMILES string of the molecule is CCCCCC(Cl)c1ccc(C#N)c(C)c1. The zero-order chi connectivity index (χ0) is 12.0. The van der Waals surface area contributed by atoms with Crippen LogP contribution in [0.4, 0.5) is 0 Å². The summed E-state index contributed by atoms with van der Waals surface area (Å²) in [6.07, 6.45) is 4.64. The molecule has 2 heteroatoms. The highest BCUT2D eigenvalue weighted by molar-refractivity contribution is 6.20. The lowest BCUT2D eigenvalue weighted by molar-refractivity contribution is 0.655. The summed E-state index contributed by atoms with van der Waals surface area (Å²) in [5, 5.41) is 8.92. The number of nitrogens with zero attached hydrogens (tertiary/aromatic N) is 1. The molecular formula is C14H18ClN. The van der Waals surface area contributed by atoms with E-state index in [0.717, 1.165) is 23.1 Å². The van der Waals surface area contributed by atoms with Gasteiger partial charge in [-0.1, -0.05) is 38.3 Å². The number of aryl methyl sites for hydroxylation is 1. The molecule has 1 aromatic carbocycles. The number of rotatable bonds is 5. The molecular weight excluding hydrogens is 218 g/mol. The smallest absolute Gasteiger partial charge is 0.0994 e. The average Bonchev–Trinajstić information content (AvgIpc) is 2.29. The van der Waals surface area contributed by atoms with E-state index in [4.69, 9.17) is 16.9 Å². The van der Waals surface area contributed by atoms with Crippen LogP contribution in [-0.4, -0.2) is 0 Å². The van der Waals surface area contributed by atoms with Crippen LogP contribution in [0.2, 0.25) is 0 Å². The highest BCUT2D eigenvalue weighted by Gasteiger charge is 2.08. The molecule has 16 heavy (non-hydrogen) atoms. The zero-order valence-corrected chi connectivity index (χ0v) is 10.7. The fourth-order valence-corrected chi connectivity index (χ4v) is 2.04. The second-order valence-corrected chi connectivity index (χ2v) is 4.68. The Labute approximate surface area is 103 Å². The second kappa shape index (κ2) is 6.55. The van der Waals surface area contributed by atoms with Gasteiger partial charge in [0.25, 0.3) is 0 Å². The third kappa shape index (κ3) is 3.54. The molecule has 0 saturated heterocycles. The standard InChI is InChI=1S/C14H18ClN/c1-3-4-5-6-14(15)12-7-8-13(10-16)11(2)9-12/h7-9,14H,3-6H2,1-2H3. The molecule has 1 aromatic rings. The molecule has 0 aliphatic carbocycles. The Morgan fingerprint density at radius 3 is 2.69 bits per heavy atom. The van der Waals surface area contributed by atoms with Crippen LogP contribution in [0.3, 0.4) is 0 Å². The van der Waals surface area contributed by atoms with Gasteiger partial charge in [-0.25, -0.2) is 0 Å². The van der Waals surface area contributed by atoms with Gasteiger partial charge >= 0.3 is 0 Å². The van der Waals surface area contributed by atoms with Crippen molar-refractivity contribution in [3.63, 3.8) is 0 Å². The maximum atomic E-state index is 8.84. The van der Waals surface area contributed by atoms with E-state index >= 15 is 0 Å². The summed E-state index contributed by atoms with van der Waals surface area (Å²) in [6.45, 7) is 4.15. The number of halogens is 1. The Kier molecular flexibility index (Phi) is 5.35. The van der Waals surface area contributed by atoms with Gasteiger partial charge in [0.2, 0.25) is 0 Å². The Balaban J connectivity index is 2.66. The molecule has 1 nitrogen and oxygen atoms in total. The topological polar surface area (TPSA) is 23.8 Å². The Bertz CT molecular complexity index is 379. The first-order valence-corrected chi connectivity index (χ1v) is 6.27. The van der Waals surface area contributed by atoms with Crippen LogP contribution in [0.1, 0.15) is 54.7 Å². The summed E-state index contributed by atoms with van der Waals surface area (Å²) < 4.78 is 0. The van der Waals surface area contributed by atoms with E-state index in [0.29, 0.717) is 0 Å². The highest BCUT2D eigenvalue weighted by Crippen LogP contribution is 2.27. The summed E-state index contributed by atoms with van der Waals surface area (Å²) in [7, 11) is 0. The summed E-state index contributed by atoms with van der Waals surface area (Å²) in [4.78, 5) is 0. The fraction of sp³-hybridized carbons (Fsp3) is 0.500. The first-order chi connectivity index (χ1) is 7.69. The minimum absolute atomic E-state index is 0.0815. The van der Waals surface area contributed by atoms with Gasteiger partial charge in [-0.3, -0.25) is 0 Å². The maximum absolute atomic E-state index is 8.84. The number of nitriles is 1. The van der Waals surface area contributed by atoms with Crippen LogP contribution in [0.25, 0.3) is 0 Å². The fourth-order valence-electron chi connectivity index (χ4n) is 1.75. The lowest BCUT2D eigenvalue weighted by Crippen LogP contribution is -1.93. The highest BCUT2D eigenvalue weighted by atomic mass is 35.5. The number of benzene rings is 1. The first kappa shape index (κ1) is 13.1. The van der Waals surface area contributed by atoms with Crippen LogP contribution in [0.15, 0.2) is 18.2 Å². The summed E-state index contributed by atoms with van der Waals surface area (Å²) in [5.41, 5.74) is 2.89. The van der Waals surface area contributed by atoms with Crippen molar-refractivity contribution in [3.8, 4) is 6.07 Å². The largest absolute Gasteiger partial charge is 0.192 e. The minimum Gasteiger partial charge on any atom is -0.192 e. The van der Waals surface area contributed by atoms with Crippen molar-refractivity contribution in [1.82, 2.24) is 0 Å². The Hall–Kier alpha value is -1.00. The van der Waals surface area contributed by atoms with E-state index < -0.39 is 0 Å². The maximum Gasteiger partial charge on any atom is 0.0994 e. The summed E-state index contributed by atoms with van der Waals surface area (Å²) >= 11 is 6.33. The molecule has 0 saturated carbocycles. The molecule has 0 spiro atoms. The van der Waals surface area contributed by atoms with Crippen LogP contribution in [0, 0.1) is 18.3 Å². The van der Waals surface area contributed by atoms with Crippen LogP contribution >= 0.6 is 11.6 Å². The van der Waals surface area contributed by atoms with Gasteiger partial charge in [0, 0.05) is 0 Å². The zero-order valence-electron chi connectivity index (χ0n) is 9.96. The molecule has 1 rings (SSSR count). The lowest BCUT2D eigenvalue weighted by atomic mass is 10.0. The Morgan fingerprint density at radius 1 is 1.38 bits per heavy atom. The van der Waals surface area contributed by atoms with E-state index in [-0.39, 0.29) is 5.38 Å². The van der Waals surface area contributed by atoms with E-state index in [1.807, 2.05) is 25.1 Å². The van der Waals surface area contributed by atoms with E-state index in [1.54, 1.807) is 0 Å². The molecule has 1 unspecified atom stereocenters. The summed E-state index contributed by atoms with van der Waals surface area (Å²) in [6, 6.07) is 8.03. The molecule has 0 aliphatic heterocycles. The molecule has 0 radical (unpaired) electrons. The predicted octanol–water partition coefficient (Wildman–Crippen LogP) is 4.73. The van der Waals surface area contributed by atoms with Gasteiger partial charge in [-0.2, -0.15) is 5.26 Å². The van der Waals surface area contributed by atoms with E-state index in [2.05, 4.69) is 13.0 Å². The third-order valence-corrected chi connectivity index (χ3v) is 3.26. The third-order valence-electron chi connectivity index (χ3n) is 2.79. The molecule has 0 amide bonds. The van der Waals surface area contributed by atoms with Gasteiger partial charge in [-0.05, 0) is 30.5 Å². The number of hydrogen-bond donors (Lipinski definition) is 0. The molecule has 0 aromatic heterocycles. The minimum atomic E-state index is 0.0815. The number of unbranched alkanes of at least 4 members (excludes halogenated alkanes) is 2. The van der Waals surface area contributed by atoms with Crippen molar-refractivity contribution in [2.75, 3.05) is 0 Å². The molecule has 0 aliphatic rings. The molecule has 1 atom stereocenters. The monoisotopic (exact) mass is 235 g/mol. The quantitative estimate of drug-likeness (QED) is 0.535. The molecule has 0 bridgehead atoms. The predicted molar refractivity (Wildman–Crippen MR) is 68.6 cm³/mol. The van der Waals surface area contributed by atoms with Gasteiger partial charge < -0.3 is 0 Å². The van der Waals surface area contributed by atoms with Crippen LogP contribution in [-0.2, 0) is 0 Å². The molecule has 0 fully saturated rings. The molecule has 0 heterocycles. The van der Waals surface area contributed by atoms with Gasteiger partial charge in [0.15, 0.2) is 0 Å². The normalized spacial score (nSPS) is 12.1. The van der Waals surface area contributed by atoms with Crippen molar-refractivity contribution in [1.29, 1.82) is 5.26 Å². The second-order valence-electron chi connectivity index (χ2n) is 4.15. The summed E-state index contributed by atoms with van der Waals surface area (Å²) in [5.74, 6) is 0. The van der Waals surface area contributed by atoms with Gasteiger partial charge in [0.05, 0.1) is 17.0 Å². The Morgan fingerprint density at radius 2 is 2.12 bits per heavy atom. The van der Waals surface area contributed by atoms with Gasteiger partial charge in [0.1, 0.15) is 0 Å². The van der Waals surface area contributed by atoms with Crippen molar-refractivity contribution in [2.24, 2.45) is 0 Å². The number of hydrogen-bond acceptors (Lipinski definition) is 1. The van der Waals surface area contributed by atoms with Crippen molar-refractivity contribution in [2.45, 2.75) is 44.9 Å². The van der Waals surface area contributed by atoms with E-state index in [1.165, 1.54) is 19.3 Å². The molecule has 86 valence electrons. The first-order valence-electron chi connectivity index (χ1n) is 5.83. The average molecular weight is 236 g/mol. The van der Waals surface area contributed by atoms with Gasteiger partial charge in [-0.15, -0.1) is 11.6 Å². The molecule has 0 N–H and O–H groups in total. The van der Waals surface area contributed by atoms with Crippen molar-refractivity contribution < 1.29 is 0 Å². The van der Waals surface area contributed by atoms with Crippen LogP contribution < -0.4 is 0 Å². The van der Waals surface area contributed by atoms with Crippen molar-refractivity contribution >= 4 is 11.6 Å². The lowest BCUT2D eigenvalue weighted by Gasteiger charge is -2.10.